The molecule has 5 nitrogen and oxygen atoms in total. The van der Waals surface area contributed by atoms with E-state index in [1.807, 2.05) is 26.0 Å². The third-order valence-corrected chi connectivity index (χ3v) is 3.40. The van der Waals surface area contributed by atoms with Crippen LogP contribution in [0, 0.1) is 13.8 Å². The molecule has 0 amide bonds. The zero-order valence-electron chi connectivity index (χ0n) is 13.6. The van der Waals surface area contributed by atoms with E-state index in [1.54, 1.807) is 42.9 Å². The van der Waals surface area contributed by atoms with E-state index in [0.717, 1.165) is 17.0 Å². The van der Waals surface area contributed by atoms with Crippen LogP contribution in [0.3, 0.4) is 0 Å². The van der Waals surface area contributed by atoms with Crippen molar-refractivity contribution >= 4 is 5.78 Å². The SMILES string of the molecule is Cc1ccc(CC(=O)c2cc(Oc3cccnc3)cc(C)n2)nc1. The van der Waals surface area contributed by atoms with Crippen molar-refractivity contribution in [3.63, 3.8) is 0 Å². The molecular weight excluding hydrogens is 302 g/mol. The Morgan fingerprint density at radius 1 is 1.08 bits per heavy atom. The van der Waals surface area contributed by atoms with Crippen molar-refractivity contribution in [3.8, 4) is 11.5 Å². The minimum Gasteiger partial charge on any atom is -0.456 e. The van der Waals surface area contributed by atoms with Crippen molar-refractivity contribution in [2.24, 2.45) is 0 Å². The Morgan fingerprint density at radius 2 is 1.96 bits per heavy atom. The Hall–Kier alpha value is -3.08. The van der Waals surface area contributed by atoms with Crippen LogP contribution in [0.25, 0.3) is 0 Å². The molecule has 0 N–H and O–H groups in total. The molecule has 0 aromatic carbocycles. The van der Waals surface area contributed by atoms with E-state index < -0.39 is 0 Å². The smallest absolute Gasteiger partial charge is 0.187 e. The number of carbonyl (C=O) groups excluding carboxylic acids is 1. The first-order valence-electron chi connectivity index (χ1n) is 7.61. The second-order valence-electron chi connectivity index (χ2n) is 5.55. The van der Waals surface area contributed by atoms with Crippen LogP contribution in [0.5, 0.6) is 11.5 Å². The quantitative estimate of drug-likeness (QED) is 0.671. The summed E-state index contributed by atoms with van der Waals surface area (Å²) in [4.78, 5) is 25.1. The molecule has 0 saturated heterocycles. The Kier molecular flexibility index (Phi) is 4.61. The number of ketones is 1. The van der Waals surface area contributed by atoms with Crippen LogP contribution >= 0.6 is 0 Å². The standard InChI is InChI=1S/C19H17N3O2/c1-13-5-6-15(21-11-13)9-19(23)18-10-17(8-14(2)22-18)24-16-4-3-7-20-12-16/h3-8,10-12H,9H2,1-2H3. The van der Waals surface area contributed by atoms with Gasteiger partial charge in [-0.15, -0.1) is 0 Å². The van der Waals surface area contributed by atoms with E-state index in [0.29, 0.717) is 17.2 Å². The minimum atomic E-state index is -0.0916. The molecule has 0 aliphatic rings. The second-order valence-corrected chi connectivity index (χ2v) is 5.55. The summed E-state index contributed by atoms with van der Waals surface area (Å²) in [6, 6.07) is 10.8. The highest BCUT2D eigenvalue weighted by molar-refractivity contribution is 5.95. The van der Waals surface area contributed by atoms with Gasteiger partial charge in [-0.3, -0.25) is 14.8 Å². The number of ether oxygens (including phenoxy) is 1. The summed E-state index contributed by atoms with van der Waals surface area (Å²) in [6.45, 7) is 3.79. The number of pyridine rings is 3. The van der Waals surface area contributed by atoms with Gasteiger partial charge in [0.05, 0.1) is 12.6 Å². The summed E-state index contributed by atoms with van der Waals surface area (Å²) in [5.74, 6) is 1.09. The average molecular weight is 319 g/mol. The molecule has 0 unspecified atom stereocenters. The first-order chi connectivity index (χ1) is 11.6. The van der Waals surface area contributed by atoms with Gasteiger partial charge in [0, 0.05) is 35.9 Å². The zero-order chi connectivity index (χ0) is 16.9. The molecule has 120 valence electrons. The molecule has 0 atom stereocenters. The topological polar surface area (TPSA) is 65.0 Å². The minimum absolute atomic E-state index is 0.0916. The summed E-state index contributed by atoms with van der Waals surface area (Å²) in [5, 5.41) is 0. The fraction of sp³-hybridized carbons (Fsp3) is 0.158. The zero-order valence-corrected chi connectivity index (χ0v) is 13.6. The molecule has 24 heavy (non-hydrogen) atoms. The van der Waals surface area contributed by atoms with Crippen LogP contribution in [-0.4, -0.2) is 20.7 Å². The molecule has 5 heteroatoms. The van der Waals surface area contributed by atoms with Crippen LogP contribution < -0.4 is 4.74 Å². The van der Waals surface area contributed by atoms with Crippen molar-refractivity contribution in [1.29, 1.82) is 0 Å². The van der Waals surface area contributed by atoms with Gasteiger partial charge < -0.3 is 4.74 Å². The summed E-state index contributed by atoms with van der Waals surface area (Å²) in [7, 11) is 0. The van der Waals surface area contributed by atoms with Crippen LogP contribution in [0.4, 0.5) is 0 Å². The molecule has 0 fully saturated rings. The number of Topliss-reactive ketones (excluding diaryl/α,β-unsaturated/α-hetero) is 1. The Labute approximate surface area is 140 Å². The maximum Gasteiger partial charge on any atom is 0.187 e. The van der Waals surface area contributed by atoms with E-state index in [2.05, 4.69) is 15.0 Å². The van der Waals surface area contributed by atoms with E-state index in [1.165, 1.54) is 0 Å². The summed E-state index contributed by atoms with van der Waals surface area (Å²) in [6.07, 6.45) is 5.26. The molecule has 3 aromatic heterocycles. The van der Waals surface area contributed by atoms with Crippen molar-refractivity contribution < 1.29 is 9.53 Å². The van der Waals surface area contributed by atoms with Gasteiger partial charge in [-0.2, -0.15) is 0 Å². The largest absolute Gasteiger partial charge is 0.456 e. The molecule has 3 aromatic rings. The van der Waals surface area contributed by atoms with Crippen LogP contribution in [0.2, 0.25) is 0 Å². The number of carbonyl (C=O) groups is 1. The summed E-state index contributed by atoms with van der Waals surface area (Å²) >= 11 is 0. The molecule has 0 aliphatic carbocycles. The Bertz CT molecular complexity index is 846. The monoisotopic (exact) mass is 319 g/mol. The van der Waals surface area contributed by atoms with Crippen LogP contribution in [-0.2, 0) is 6.42 Å². The molecule has 0 radical (unpaired) electrons. The predicted octanol–water partition coefficient (Wildman–Crippen LogP) is 3.71. The number of hydrogen-bond acceptors (Lipinski definition) is 5. The normalized spacial score (nSPS) is 10.4. The maximum atomic E-state index is 12.5. The summed E-state index contributed by atoms with van der Waals surface area (Å²) < 4.78 is 5.75. The lowest BCUT2D eigenvalue weighted by molar-refractivity contribution is 0.0986. The molecule has 0 saturated carbocycles. The van der Waals surface area contributed by atoms with E-state index in [9.17, 15) is 4.79 Å². The van der Waals surface area contributed by atoms with Gasteiger partial charge in [0.2, 0.25) is 0 Å². The number of aromatic nitrogens is 3. The first-order valence-corrected chi connectivity index (χ1v) is 7.61. The average Bonchev–Trinajstić information content (AvgIpc) is 2.57. The highest BCUT2D eigenvalue weighted by atomic mass is 16.5. The molecular formula is C19H17N3O2. The van der Waals surface area contributed by atoms with Gasteiger partial charge in [0.25, 0.3) is 0 Å². The van der Waals surface area contributed by atoms with Crippen LogP contribution in [0.1, 0.15) is 27.4 Å². The van der Waals surface area contributed by atoms with Gasteiger partial charge in [-0.05, 0) is 37.6 Å². The fourth-order valence-corrected chi connectivity index (χ4v) is 2.24. The molecule has 0 bridgehead atoms. The predicted molar refractivity (Wildman–Crippen MR) is 90.3 cm³/mol. The molecule has 3 rings (SSSR count). The highest BCUT2D eigenvalue weighted by Gasteiger charge is 2.12. The van der Waals surface area contributed by atoms with Gasteiger partial charge in [-0.1, -0.05) is 6.07 Å². The van der Waals surface area contributed by atoms with Gasteiger partial charge in [0.1, 0.15) is 17.2 Å². The van der Waals surface area contributed by atoms with Crippen LogP contribution in [0.15, 0.2) is 55.0 Å². The lowest BCUT2D eigenvalue weighted by atomic mass is 10.1. The number of hydrogen-bond donors (Lipinski definition) is 0. The molecule has 0 aliphatic heterocycles. The fourth-order valence-electron chi connectivity index (χ4n) is 2.24. The number of rotatable bonds is 5. The third kappa shape index (κ3) is 4.01. The summed E-state index contributed by atoms with van der Waals surface area (Å²) in [5.41, 5.74) is 2.88. The van der Waals surface area contributed by atoms with Gasteiger partial charge in [-0.25, -0.2) is 4.98 Å². The van der Waals surface area contributed by atoms with E-state index in [4.69, 9.17) is 4.74 Å². The van der Waals surface area contributed by atoms with Crippen molar-refractivity contribution in [2.75, 3.05) is 0 Å². The van der Waals surface area contributed by atoms with Crippen molar-refractivity contribution in [3.05, 3.63) is 77.6 Å². The lowest BCUT2D eigenvalue weighted by Gasteiger charge is -2.08. The second kappa shape index (κ2) is 7.00. The third-order valence-electron chi connectivity index (χ3n) is 3.40. The van der Waals surface area contributed by atoms with Gasteiger partial charge >= 0.3 is 0 Å². The highest BCUT2D eigenvalue weighted by Crippen LogP contribution is 2.22. The van der Waals surface area contributed by atoms with Crippen molar-refractivity contribution in [2.45, 2.75) is 20.3 Å². The van der Waals surface area contributed by atoms with E-state index >= 15 is 0 Å². The van der Waals surface area contributed by atoms with E-state index in [-0.39, 0.29) is 12.2 Å². The Morgan fingerprint density at radius 3 is 2.67 bits per heavy atom. The number of aryl methyl sites for hydroxylation is 2. The van der Waals surface area contributed by atoms with Crippen molar-refractivity contribution in [1.82, 2.24) is 15.0 Å². The molecule has 0 spiro atoms. The lowest BCUT2D eigenvalue weighted by Crippen LogP contribution is -2.08. The maximum absolute atomic E-state index is 12.5. The first kappa shape index (κ1) is 15.8. The van der Waals surface area contributed by atoms with Gasteiger partial charge in [0.15, 0.2) is 5.78 Å². The Balaban J connectivity index is 1.80. The molecule has 3 heterocycles. The number of nitrogens with zero attached hydrogens (tertiary/aromatic N) is 3.